The fourth-order valence-electron chi connectivity index (χ4n) is 3.62. The average molecular weight is 404 g/mol. The summed E-state index contributed by atoms with van der Waals surface area (Å²) >= 11 is 0. The van der Waals surface area contributed by atoms with E-state index >= 15 is 0 Å². The molecule has 2 N–H and O–H groups in total. The molecule has 0 aliphatic heterocycles. The Morgan fingerprint density at radius 1 is 1.03 bits per heavy atom. The number of hydrogen-bond acceptors (Lipinski definition) is 5. The van der Waals surface area contributed by atoms with Crippen LogP contribution in [0.15, 0.2) is 53.4 Å². The first-order valence-electron chi connectivity index (χ1n) is 10.1. The van der Waals surface area contributed by atoms with Crippen LogP contribution in [0.1, 0.15) is 64.2 Å². The number of hydrogen-bond donors (Lipinski definition) is 2. The van der Waals surface area contributed by atoms with Gasteiger partial charge in [0.1, 0.15) is 12.3 Å². The Morgan fingerprint density at radius 2 is 1.80 bits per heavy atom. The summed E-state index contributed by atoms with van der Waals surface area (Å²) in [5, 5.41) is 5.80. The van der Waals surface area contributed by atoms with Gasteiger partial charge in [-0.05, 0) is 60.6 Å². The molecule has 0 saturated carbocycles. The predicted octanol–water partition coefficient (Wildman–Crippen LogP) is 3.94. The fraction of sp³-hybridized carbons (Fsp3) is 0.304. The molecule has 154 valence electrons. The second-order valence-electron chi connectivity index (χ2n) is 7.79. The Labute approximate surface area is 174 Å². The molecule has 4 rings (SSSR count). The number of amides is 2. The standard InChI is InChI=1S/C23H24N4O3/c1-14(2)20(27-21(28)16-8-10-24-11-9-16)23-26-19(13-30-23)22(29)25-18-7-6-15-4-3-5-17(15)12-18/h6-14,20H,3-5H2,1-2H3,(H,25,29)(H,27,28)/t20-/m1/s1. The average Bonchev–Trinajstić information content (AvgIpc) is 3.41. The molecule has 0 saturated heterocycles. The molecule has 3 aromatic rings. The summed E-state index contributed by atoms with van der Waals surface area (Å²) in [6, 6.07) is 8.81. The van der Waals surface area contributed by atoms with Crippen molar-refractivity contribution in [2.24, 2.45) is 5.92 Å². The number of oxazole rings is 1. The van der Waals surface area contributed by atoms with Crippen LogP contribution in [0, 0.1) is 5.92 Å². The van der Waals surface area contributed by atoms with E-state index in [0.717, 1.165) is 24.9 Å². The van der Waals surface area contributed by atoms with Crippen molar-refractivity contribution < 1.29 is 14.0 Å². The van der Waals surface area contributed by atoms with E-state index < -0.39 is 6.04 Å². The van der Waals surface area contributed by atoms with E-state index in [4.69, 9.17) is 4.42 Å². The smallest absolute Gasteiger partial charge is 0.277 e. The molecule has 7 heteroatoms. The van der Waals surface area contributed by atoms with Gasteiger partial charge < -0.3 is 15.1 Å². The Hall–Kier alpha value is -3.48. The second-order valence-corrected chi connectivity index (χ2v) is 7.79. The third kappa shape index (κ3) is 4.25. The summed E-state index contributed by atoms with van der Waals surface area (Å²) in [6.45, 7) is 3.90. The number of nitrogens with zero attached hydrogens (tertiary/aromatic N) is 2. The molecular weight excluding hydrogens is 380 g/mol. The largest absolute Gasteiger partial charge is 0.446 e. The van der Waals surface area contributed by atoms with Gasteiger partial charge in [-0.3, -0.25) is 14.6 Å². The Bertz CT molecular complexity index is 1060. The van der Waals surface area contributed by atoms with Crippen molar-refractivity contribution in [1.29, 1.82) is 0 Å². The van der Waals surface area contributed by atoms with Crippen LogP contribution in [0.3, 0.4) is 0 Å². The second kappa shape index (κ2) is 8.49. The number of pyridine rings is 1. The number of aromatic nitrogens is 2. The molecule has 1 aromatic carbocycles. The van der Waals surface area contributed by atoms with Crippen LogP contribution in [0.4, 0.5) is 5.69 Å². The van der Waals surface area contributed by atoms with E-state index in [1.165, 1.54) is 17.4 Å². The number of anilines is 1. The third-order valence-corrected chi connectivity index (χ3v) is 5.27. The third-order valence-electron chi connectivity index (χ3n) is 5.27. The molecule has 2 amide bonds. The lowest BCUT2D eigenvalue weighted by molar-refractivity contribution is 0.0916. The van der Waals surface area contributed by atoms with Crippen LogP contribution in [0.25, 0.3) is 0 Å². The summed E-state index contributed by atoms with van der Waals surface area (Å²) in [7, 11) is 0. The zero-order valence-corrected chi connectivity index (χ0v) is 17.0. The van der Waals surface area contributed by atoms with Crippen LogP contribution in [-0.2, 0) is 12.8 Å². The molecule has 0 radical (unpaired) electrons. The number of carbonyl (C=O) groups excluding carboxylic acids is 2. The number of carbonyl (C=O) groups is 2. The van der Waals surface area contributed by atoms with E-state index in [2.05, 4.69) is 26.7 Å². The summed E-state index contributed by atoms with van der Waals surface area (Å²) in [5.74, 6) is -0.280. The van der Waals surface area contributed by atoms with Gasteiger partial charge in [-0.1, -0.05) is 19.9 Å². The van der Waals surface area contributed by atoms with E-state index in [1.807, 2.05) is 26.0 Å². The van der Waals surface area contributed by atoms with Gasteiger partial charge in [0.25, 0.3) is 11.8 Å². The number of rotatable bonds is 6. The van der Waals surface area contributed by atoms with Crippen molar-refractivity contribution >= 4 is 17.5 Å². The highest BCUT2D eigenvalue weighted by Crippen LogP contribution is 2.26. The molecule has 0 fully saturated rings. The summed E-state index contributed by atoms with van der Waals surface area (Å²) < 4.78 is 5.56. The number of benzene rings is 1. The van der Waals surface area contributed by atoms with Crippen molar-refractivity contribution in [3.8, 4) is 0 Å². The van der Waals surface area contributed by atoms with Crippen molar-refractivity contribution in [3.05, 3.63) is 77.3 Å². The molecule has 2 aromatic heterocycles. The Balaban J connectivity index is 1.47. The van der Waals surface area contributed by atoms with Crippen LogP contribution in [0.2, 0.25) is 0 Å². The Morgan fingerprint density at radius 3 is 2.57 bits per heavy atom. The van der Waals surface area contributed by atoms with E-state index in [1.54, 1.807) is 24.5 Å². The lowest BCUT2D eigenvalue weighted by Crippen LogP contribution is -2.32. The van der Waals surface area contributed by atoms with Crippen molar-refractivity contribution in [1.82, 2.24) is 15.3 Å². The molecule has 7 nitrogen and oxygen atoms in total. The molecule has 1 aliphatic rings. The minimum atomic E-state index is -0.466. The van der Waals surface area contributed by atoms with Crippen molar-refractivity contribution in [3.63, 3.8) is 0 Å². The van der Waals surface area contributed by atoms with Gasteiger partial charge in [-0.15, -0.1) is 0 Å². The van der Waals surface area contributed by atoms with Crippen LogP contribution >= 0.6 is 0 Å². The SMILES string of the molecule is CC(C)[C@@H](NC(=O)c1ccncc1)c1nc(C(=O)Nc2ccc3c(c2)CCC3)co1. The maximum atomic E-state index is 12.6. The molecule has 1 atom stereocenters. The highest BCUT2D eigenvalue weighted by Gasteiger charge is 2.25. The highest BCUT2D eigenvalue weighted by molar-refractivity contribution is 6.02. The van der Waals surface area contributed by atoms with Gasteiger partial charge in [-0.25, -0.2) is 4.98 Å². The molecule has 2 heterocycles. The van der Waals surface area contributed by atoms with Gasteiger partial charge in [-0.2, -0.15) is 0 Å². The number of nitrogens with one attached hydrogen (secondary N) is 2. The van der Waals surface area contributed by atoms with Crippen molar-refractivity contribution in [2.45, 2.75) is 39.2 Å². The summed E-state index contributed by atoms with van der Waals surface area (Å²) in [4.78, 5) is 33.4. The molecule has 0 bridgehead atoms. The summed E-state index contributed by atoms with van der Waals surface area (Å²) in [6.07, 6.45) is 7.74. The first-order valence-corrected chi connectivity index (χ1v) is 10.1. The maximum Gasteiger partial charge on any atom is 0.277 e. The summed E-state index contributed by atoms with van der Waals surface area (Å²) in [5.41, 5.74) is 4.05. The highest BCUT2D eigenvalue weighted by atomic mass is 16.3. The van der Waals surface area contributed by atoms with E-state index in [9.17, 15) is 9.59 Å². The van der Waals surface area contributed by atoms with Gasteiger partial charge in [0.05, 0.1) is 0 Å². The van der Waals surface area contributed by atoms with Gasteiger partial charge in [0, 0.05) is 23.6 Å². The van der Waals surface area contributed by atoms with Gasteiger partial charge in [0.15, 0.2) is 5.69 Å². The lowest BCUT2D eigenvalue weighted by atomic mass is 10.0. The molecular formula is C23H24N4O3. The minimum absolute atomic E-state index is 0.0158. The molecule has 1 aliphatic carbocycles. The van der Waals surface area contributed by atoms with Crippen LogP contribution in [-0.4, -0.2) is 21.8 Å². The quantitative estimate of drug-likeness (QED) is 0.649. The van der Waals surface area contributed by atoms with E-state index in [0.29, 0.717) is 11.5 Å². The number of fused-ring (bicyclic) bond motifs is 1. The normalized spacial score (nSPS) is 13.7. The predicted molar refractivity (Wildman–Crippen MR) is 112 cm³/mol. The van der Waals surface area contributed by atoms with Crippen LogP contribution < -0.4 is 10.6 Å². The lowest BCUT2D eigenvalue weighted by Gasteiger charge is -2.19. The van der Waals surface area contributed by atoms with Gasteiger partial charge in [0.2, 0.25) is 5.89 Å². The number of aryl methyl sites for hydroxylation is 2. The first-order chi connectivity index (χ1) is 14.5. The minimum Gasteiger partial charge on any atom is -0.446 e. The first kappa shape index (κ1) is 19.8. The van der Waals surface area contributed by atoms with Gasteiger partial charge >= 0.3 is 0 Å². The zero-order chi connectivity index (χ0) is 21.1. The topological polar surface area (TPSA) is 97.1 Å². The zero-order valence-electron chi connectivity index (χ0n) is 17.0. The molecule has 0 spiro atoms. The Kier molecular flexibility index (Phi) is 5.61. The van der Waals surface area contributed by atoms with Crippen molar-refractivity contribution in [2.75, 3.05) is 5.32 Å². The molecule has 30 heavy (non-hydrogen) atoms. The molecule has 0 unspecified atom stereocenters. The maximum absolute atomic E-state index is 12.6. The fourth-order valence-corrected chi connectivity index (χ4v) is 3.62. The van der Waals surface area contributed by atoms with E-state index in [-0.39, 0.29) is 23.4 Å². The monoisotopic (exact) mass is 404 g/mol. The van der Waals surface area contributed by atoms with Crippen LogP contribution in [0.5, 0.6) is 0 Å².